The quantitative estimate of drug-likeness (QED) is 0.797. The van der Waals surface area contributed by atoms with Crippen LogP contribution < -0.4 is 5.73 Å². The Morgan fingerprint density at radius 2 is 1.58 bits per heavy atom. The number of ether oxygens (including phenoxy) is 1. The van der Waals surface area contributed by atoms with Crippen molar-refractivity contribution in [1.29, 1.82) is 0 Å². The minimum atomic E-state index is -0.975. The van der Waals surface area contributed by atoms with E-state index in [4.69, 9.17) is 15.6 Å². The molecule has 0 saturated heterocycles. The number of esters is 1. The second-order valence-corrected chi connectivity index (χ2v) is 5.90. The maximum absolute atomic E-state index is 12.0. The van der Waals surface area contributed by atoms with Gasteiger partial charge in [-0.25, -0.2) is 0 Å². The third kappa shape index (κ3) is 3.16. The summed E-state index contributed by atoms with van der Waals surface area (Å²) in [5.74, 6) is -1.55. The van der Waals surface area contributed by atoms with E-state index in [1.807, 2.05) is 36.4 Å². The van der Waals surface area contributed by atoms with Crippen LogP contribution in [0, 0.1) is 0 Å². The predicted octanol–water partition coefficient (Wildman–Crippen LogP) is 2.53. The van der Waals surface area contributed by atoms with E-state index in [-0.39, 0.29) is 25.4 Å². The number of hydrogen-bond donors (Lipinski definition) is 2. The lowest BCUT2D eigenvalue weighted by atomic mass is 9.98. The minimum absolute atomic E-state index is 0.0203. The van der Waals surface area contributed by atoms with Crippen molar-refractivity contribution in [2.24, 2.45) is 5.73 Å². The normalized spacial score (nSPS) is 13.9. The number of carboxylic acids is 1. The summed E-state index contributed by atoms with van der Waals surface area (Å²) in [7, 11) is 0. The molecule has 0 saturated carbocycles. The number of carbonyl (C=O) groups is 2. The van der Waals surface area contributed by atoms with Crippen LogP contribution in [0.5, 0.6) is 0 Å². The molecule has 1 aliphatic carbocycles. The van der Waals surface area contributed by atoms with Crippen molar-refractivity contribution in [3.8, 4) is 11.1 Å². The van der Waals surface area contributed by atoms with Gasteiger partial charge in [0.05, 0.1) is 0 Å². The van der Waals surface area contributed by atoms with Crippen LogP contribution in [0.3, 0.4) is 0 Å². The Labute approximate surface area is 140 Å². The van der Waals surface area contributed by atoms with Gasteiger partial charge in [-0.2, -0.15) is 0 Å². The average Bonchev–Trinajstić information content (AvgIpc) is 2.91. The molecule has 5 heteroatoms. The molecule has 1 aliphatic rings. The first-order chi connectivity index (χ1) is 11.6. The van der Waals surface area contributed by atoms with E-state index in [1.165, 1.54) is 0 Å². The fourth-order valence-corrected chi connectivity index (χ4v) is 3.11. The molecule has 3 N–H and O–H groups in total. The molecule has 2 aromatic carbocycles. The van der Waals surface area contributed by atoms with Crippen molar-refractivity contribution < 1.29 is 19.4 Å². The molecule has 0 radical (unpaired) electrons. The van der Waals surface area contributed by atoms with Gasteiger partial charge in [0.15, 0.2) is 0 Å². The van der Waals surface area contributed by atoms with Crippen LogP contribution in [0.2, 0.25) is 0 Å². The molecular weight excluding hydrogens is 306 g/mol. The van der Waals surface area contributed by atoms with Crippen molar-refractivity contribution in [3.05, 3.63) is 59.7 Å². The molecule has 0 aliphatic heterocycles. The third-order valence-electron chi connectivity index (χ3n) is 4.33. The van der Waals surface area contributed by atoms with E-state index in [0.29, 0.717) is 0 Å². The van der Waals surface area contributed by atoms with Crippen molar-refractivity contribution >= 4 is 11.9 Å². The monoisotopic (exact) mass is 325 g/mol. The highest BCUT2D eigenvalue weighted by molar-refractivity contribution is 5.80. The number of rotatable bonds is 6. The zero-order valence-electron chi connectivity index (χ0n) is 13.1. The van der Waals surface area contributed by atoms with Gasteiger partial charge >= 0.3 is 11.9 Å². The van der Waals surface area contributed by atoms with Gasteiger partial charge in [0.1, 0.15) is 12.6 Å². The van der Waals surface area contributed by atoms with Gasteiger partial charge in [0.2, 0.25) is 0 Å². The van der Waals surface area contributed by atoms with Crippen LogP contribution in [-0.2, 0) is 14.3 Å². The number of carboxylic acid groups (broad SMARTS) is 1. The molecule has 0 heterocycles. The first-order valence-electron chi connectivity index (χ1n) is 7.90. The van der Waals surface area contributed by atoms with Crippen LogP contribution in [0.15, 0.2) is 48.5 Å². The lowest BCUT2D eigenvalue weighted by molar-refractivity contribution is -0.146. The van der Waals surface area contributed by atoms with E-state index >= 15 is 0 Å². The van der Waals surface area contributed by atoms with Crippen LogP contribution in [0.1, 0.15) is 29.9 Å². The van der Waals surface area contributed by atoms with Gasteiger partial charge < -0.3 is 15.6 Å². The topological polar surface area (TPSA) is 89.6 Å². The standard InChI is InChI=1S/C19H19NO4/c20-17(9-10-18(21)22)19(23)24-11-16-14-7-3-1-5-12(14)13-6-2-4-8-15(13)16/h1-8,16-17H,9-11,20H2,(H,21,22). The van der Waals surface area contributed by atoms with Crippen LogP contribution in [-0.4, -0.2) is 29.7 Å². The zero-order chi connectivity index (χ0) is 17.1. The Hall–Kier alpha value is -2.66. The maximum Gasteiger partial charge on any atom is 0.322 e. The van der Waals surface area contributed by atoms with Gasteiger partial charge in [0.25, 0.3) is 0 Å². The molecule has 0 fully saturated rings. The molecule has 5 nitrogen and oxygen atoms in total. The first-order valence-corrected chi connectivity index (χ1v) is 7.90. The summed E-state index contributed by atoms with van der Waals surface area (Å²) in [4.78, 5) is 22.6. The van der Waals surface area contributed by atoms with Crippen LogP contribution in [0.25, 0.3) is 11.1 Å². The fourth-order valence-electron chi connectivity index (χ4n) is 3.11. The molecule has 1 atom stereocenters. The van der Waals surface area contributed by atoms with E-state index in [0.717, 1.165) is 22.3 Å². The first kappa shape index (κ1) is 16.2. The lowest BCUT2D eigenvalue weighted by Gasteiger charge is -2.16. The number of aliphatic carboxylic acids is 1. The minimum Gasteiger partial charge on any atom is -0.481 e. The number of fused-ring (bicyclic) bond motifs is 3. The van der Waals surface area contributed by atoms with Crippen molar-refractivity contribution in [2.75, 3.05) is 6.61 Å². The highest BCUT2D eigenvalue weighted by atomic mass is 16.5. The largest absolute Gasteiger partial charge is 0.481 e. The second-order valence-electron chi connectivity index (χ2n) is 5.90. The van der Waals surface area contributed by atoms with Gasteiger partial charge in [-0.3, -0.25) is 9.59 Å². The Balaban J connectivity index is 1.72. The van der Waals surface area contributed by atoms with Gasteiger partial charge in [-0.1, -0.05) is 48.5 Å². The zero-order valence-corrected chi connectivity index (χ0v) is 13.1. The van der Waals surface area contributed by atoms with Crippen molar-refractivity contribution in [1.82, 2.24) is 0 Å². The molecule has 1 unspecified atom stereocenters. The molecule has 124 valence electrons. The average molecular weight is 325 g/mol. The third-order valence-corrected chi connectivity index (χ3v) is 4.33. The van der Waals surface area contributed by atoms with Gasteiger partial charge in [0, 0.05) is 12.3 Å². The van der Waals surface area contributed by atoms with E-state index in [2.05, 4.69) is 12.1 Å². The van der Waals surface area contributed by atoms with Crippen LogP contribution in [0.4, 0.5) is 0 Å². The number of nitrogens with two attached hydrogens (primary N) is 1. The fraction of sp³-hybridized carbons (Fsp3) is 0.263. The van der Waals surface area contributed by atoms with Crippen molar-refractivity contribution in [2.45, 2.75) is 24.8 Å². The Morgan fingerprint density at radius 1 is 1.04 bits per heavy atom. The van der Waals surface area contributed by atoms with E-state index < -0.39 is 18.0 Å². The number of hydrogen-bond acceptors (Lipinski definition) is 4. The molecule has 0 aromatic heterocycles. The predicted molar refractivity (Wildman–Crippen MR) is 89.5 cm³/mol. The molecular formula is C19H19NO4. The summed E-state index contributed by atoms with van der Waals surface area (Å²) in [6.07, 6.45) is -0.0721. The van der Waals surface area contributed by atoms with E-state index in [9.17, 15) is 9.59 Å². The van der Waals surface area contributed by atoms with Crippen molar-refractivity contribution in [3.63, 3.8) is 0 Å². The number of benzene rings is 2. The van der Waals surface area contributed by atoms with Gasteiger partial charge in [-0.15, -0.1) is 0 Å². The molecule has 3 rings (SSSR count). The lowest BCUT2D eigenvalue weighted by Crippen LogP contribution is -2.33. The smallest absolute Gasteiger partial charge is 0.322 e. The molecule has 0 amide bonds. The maximum atomic E-state index is 12.0. The Kier molecular flexibility index (Phi) is 4.62. The summed E-state index contributed by atoms with van der Waals surface area (Å²) < 4.78 is 5.38. The highest BCUT2D eigenvalue weighted by Crippen LogP contribution is 2.44. The second kappa shape index (κ2) is 6.84. The molecule has 0 spiro atoms. The highest BCUT2D eigenvalue weighted by Gasteiger charge is 2.29. The summed E-state index contributed by atoms with van der Waals surface area (Å²) in [5, 5.41) is 8.66. The van der Waals surface area contributed by atoms with E-state index in [1.54, 1.807) is 0 Å². The van der Waals surface area contributed by atoms with Crippen LogP contribution >= 0.6 is 0 Å². The Bertz CT molecular complexity index is 726. The summed E-state index contributed by atoms with van der Waals surface area (Å²) in [6, 6.07) is 15.2. The molecule has 24 heavy (non-hydrogen) atoms. The molecule has 2 aromatic rings. The SMILES string of the molecule is NC(CCC(=O)O)C(=O)OCC1c2ccccc2-c2ccccc21. The number of carbonyl (C=O) groups excluding carboxylic acids is 1. The molecule has 0 bridgehead atoms. The summed E-state index contributed by atoms with van der Waals surface area (Å²) in [6.45, 7) is 0.202. The Morgan fingerprint density at radius 3 is 2.12 bits per heavy atom. The summed E-state index contributed by atoms with van der Waals surface area (Å²) >= 11 is 0. The van der Waals surface area contributed by atoms with Gasteiger partial charge in [-0.05, 0) is 28.7 Å². The summed E-state index contributed by atoms with van der Waals surface area (Å²) in [5.41, 5.74) is 10.3.